The lowest BCUT2D eigenvalue weighted by Crippen LogP contribution is -1.66. The topological polar surface area (TPSA) is 34.1 Å². The smallest absolute Gasteiger partial charge is 0.156 e. The molecule has 6 heavy (non-hydrogen) atoms. The van der Waals surface area contributed by atoms with E-state index in [2.05, 4.69) is 0 Å². The Morgan fingerprint density at radius 3 is 1.50 bits per heavy atom. The van der Waals surface area contributed by atoms with Gasteiger partial charge in [0.2, 0.25) is 0 Å². The van der Waals surface area contributed by atoms with Gasteiger partial charge in [0.15, 0.2) is 16.9 Å². The molecular formula is C2H4O2P2. The molecule has 0 fully saturated rings. The lowest BCUT2D eigenvalue weighted by molar-refractivity contribution is 0.594. The highest BCUT2D eigenvalue weighted by Gasteiger charge is 1.77. The molecule has 0 radical (unpaired) electrons. The Morgan fingerprint density at radius 2 is 1.33 bits per heavy atom. The molecule has 0 aromatic rings. The third kappa shape index (κ3) is 4.20. The summed E-state index contributed by atoms with van der Waals surface area (Å²) in [5, 5.41) is 0. The molecule has 0 aromatic heterocycles. The van der Waals surface area contributed by atoms with Crippen molar-refractivity contribution in [3.05, 3.63) is 0 Å². The monoisotopic (exact) mass is 122 g/mol. The summed E-state index contributed by atoms with van der Waals surface area (Å²) in [6.07, 6.45) is 1.01. The van der Waals surface area contributed by atoms with Crippen molar-refractivity contribution in [3.63, 3.8) is 0 Å². The first-order chi connectivity index (χ1) is 2.91. The molecule has 0 spiro atoms. The zero-order valence-electron chi connectivity index (χ0n) is 3.13. The average Bonchev–Trinajstić information content (AvgIpc) is 1.61. The van der Waals surface area contributed by atoms with Crippen molar-refractivity contribution >= 4 is 16.9 Å². The van der Waals surface area contributed by atoms with Gasteiger partial charge in [0, 0.05) is 12.3 Å². The largest absolute Gasteiger partial charge is 0.275 e. The molecule has 0 aliphatic carbocycles. The normalized spacial score (nSPS) is 10.0. The minimum absolute atomic E-state index is 0.0885. The molecule has 0 aromatic carbocycles. The van der Waals surface area contributed by atoms with E-state index in [1.807, 2.05) is 0 Å². The van der Waals surface area contributed by atoms with Crippen molar-refractivity contribution in [1.29, 1.82) is 0 Å². The van der Waals surface area contributed by atoms with Crippen molar-refractivity contribution in [2.75, 3.05) is 12.3 Å². The Bertz CT molecular complexity index is 45.5. The summed E-state index contributed by atoms with van der Waals surface area (Å²) in [6.45, 7) is 0. The summed E-state index contributed by atoms with van der Waals surface area (Å²) in [6, 6.07) is 0. The van der Waals surface area contributed by atoms with Gasteiger partial charge in [-0.15, -0.1) is 0 Å². The number of hydrogen-bond donors (Lipinski definition) is 0. The maximum atomic E-state index is 9.52. The predicted molar refractivity (Wildman–Crippen MR) is 24.9 cm³/mol. The van der Waals surface area contributed by atoms with E-state index in [0.29, 0.717) is 12.3 Å². The number of hydrogen-bond acceptors (Lipinski definition) is 2. The van der Waals surface area contributed by atoms with Crippen LogP contribution >= 0.6 is 16.9 Å². The molecule has 34 valence electrons. The van der Waals surface area contributed by atoms with Crippen LogP contribution in [0.4, 0.5) is 0 Å². The van der Waals surface area contributed by atoms with Crippen LogP contribution in [-0.2, 0) is 9.13 Å². The summed E-state index contributed by atoms with van der Waals surface area (Å²) in [4.78, 5) is 0. The first kappa shape index (κ1) is 6.20. The highest BCUT2D eigenvalue weighted by molar-refractivity contribution is 7.28. The first-order valence-corrected chi connectivity index (χ1v) is 3.49. The van der Waals surface area contributed by atoms with E-state index in [4.69, 9.17) is 0 Å². The van der Waals surface area contributed by atoms with Crippen LogP contribution < -0.4 is 0 Å². The Kier molecular flexibility index (Phi) is 5.37. The molecule has 0 N–H and O–H groups in total. The van der Waals surface area contributed by atoms with Gasteiger partial charge >= 0.3 is 0 Å². The van der Waals surface area contributed by atoms with Crippen LogP contribution in [0.5, 0.6) is 0 Å². The molecule has 0 saturated carbocycles. The molecule has 0 heterocycles. The van der Waals surface area contributed by atoms with E-state index < -0.39 is 0 Å². The zero-order valence-corrected chi connectivity index (χ0v) is 4.91. The van der Waals surface area contributed by atoms with E-state index in [1.54, 1.807) is 0 Å². The Hall–Kier alpha value is 0.200. The second kappa shape index (κ2) is 5.20. The second-order valence-corrected chi connectivity index (χ2v) is 2.12. The van der Waals surface area contributed by atoms with Gasteiger partial charge < -0.3 is 0 Å². The third-order valence-electron chi connectivity index (χ3n) is 0.283. The third-order valence-corrected chi connectivity index (χ3v) is 1.45. The van der Waals surface area contributed by atoms with Crippen molar-refractivity contribution in [2.45, 2.75) is 0 Å². The van der Waals surface area contributed by atoms with Crippen molar-refractivity contribution in [2.24, 2.45) is 0 Å². The highest BCUT2D eigenvalue weighted by Crippen LogP contribution is 1.96. The summed E-state index contributed by atoms with van der Waals surface area (Å²) in [5.74, 6) is 0. The van der Waals surface area contributed by atoms with Crippen LogP contribution in [0.2, 0.25) is 0 Å². The van der Waals surface area contributed by atoms with Crippen LogP contribution in [0.15, 0.2) is 0 Å². The maximum absolute atomic E-state index is 9.52. The molecule has 2 nitrogen and oxygen atoms in total. The standard InChI is InChI=1S/C2H4O2P2/c3-5-1-2-6-4/h1-2H2. The van der Waals surface area contributed by atoms with Gasteiger partial charge in [-0.1, -0.05) is 0 Å². The molecule has 0 atom stereocenters. The van der Waals surface area contributed by atoms with Crippen LogP contribution in [0.3, 0.4) is 0 Å². The minimum atomic E-state index is 0.0885. The summed E-state index contributed by atoms with van der Waals surface area (Å²) in [7, 11) is 0.177. The minimum Gasteiger partial charge on any atom is -0.275 e. The van der Waals surface area contributed by atoms with Crippen LogP contribution in [0.1, 0.15) is 0 Å². The van der Waals surface area contributed by atoms with Gasteiger partial charge in [-0.05, 0) is 0 Å². The molecule has 0 bridgehead atoms. The van der Waals surface area contributed by atoms with E-state index in [1.165, 1.54) is 0 Å². The van der Waals surface area contributed by atoms with Gasteiger partial charge in [0.25, 0.3) is 0 Å². The summed E-state index contributed by atoms with van der Waals surface area (Å²) >= 11 is 0. The summed E-state index contributed by atoms with van der Waals surface area (Å²) < 4.78 is 19.0. The predicted octanol–water partition coefficient (Wildman–Crippen LogP) is 1.57. The lowest BCUT2D eigenvalue weighted by atomic mass is 11.0. The van der Waals surface area contributed by atoms with E-state index in [0.717, 1.165) is 0 Å². The van der Waals surface area contributed by atoms with Crippen molar-refractivity contribution < 1.29 is 9.13 Å². The van der Waals surface area contributed by atoms with Crippen molar-refractivity contribution in [1.82, 2.24) is 0 Å². The van der Waals surface area contributed by atoms with Gasteiger partial charge in [0.05, 0.1) is 0 Å². The zero-order chi connectivity index (χ0) is 4.83. The fraction of sp³-hybridized carbons (Fsp3) is 1.00. The van der Waals surface area contributed by atoms with Crippen LogP contribution in [-0.4, -0.2) is 12.3 Å². The molecule has 0 saturated heterocycles. The van der Waals surface area contributed by atoms with Crippen LogP contribution in [0.25, 0.3) is 0 Å². The molecule has 0 rings (SSSR count). The Labute approximate surface area is 39.3 Å². The molecule has 0 amide bonds. The SMILES string of the molecule is O=PCCP=O. The van der Waals surface area contributed by atoms with E-state index in [-0.39, 0.29) is 16.9 Å². The molecular weight excluding hydrogens is 118 g/mol. The fourth-order valence-electron chi connectivity index (χ4n) is 0.0816. The Morgan fingerprint density at radius 1 is 1.00 bits per heavy atom. The van der Waals surface area contributed by atoms with Gasteiger partial charge in [0.1, 0.15) is 0 Å². The molecule has 0 aliphatic heterocycles. The molecule has 0 unspecified atom stereocenters. The highest BCUT2D eigenvalue weighted by atomic mass is 31.1. The van der Waals surface area contributed by atoms with Gasteiger partial charge in [-0.25, -0.2) is 0 Å². The van der Waals surface area contributed by atoms with Gasteiger partial charge in [-0.3, -0.25) is 9.13 Å². The fourth-order valence-corrected chi connectivity index (χ4v) is 0.735. The Balaban J connectivity index is 2.66. The van der Waals surface area contributed by atoms with Crippen molar-refractivity contribution in [3.8, 4) is 0 Å². The lowest BCUT2D eigenvalue weighted by Gasteiger charge is -1.65. The quantitative estimate of drug-likeness (QED) is 0.420. The average molecular weight is 122 g/mol. The van der Waals surface area contributed by atoms with Gasteiger partial charge in [-0.2, -0.15) is 0 Å². The molecule has 4 heteroatoms. The van der Waals surface area contributed by atoms with Crippen LogP contribution in [0, 0.1) is 0 Å². The van der Waals surface area contributed by atoms with E-state index in [9.17, 15) is 9.13 Å². The first-order valence-electron chi connectivity index (χ1n) is 1.50. The number of rotatable bonds is 3. The summed E-state index contributed by atoms with van der Waals surface area (Å²) in [5.41, 5.74) is 0. The maximum Gasteiger partial charge on any atom is 0.156 e. The molecule has 0 aliphatic rings. The second-order valence-electron chi connectivity index (χ2n) is 0.705. The van der Waals surface area contributed by atoms with E-state index >= 15 is 0 Å².